The molecule has 0 radical (unpaired) electrons. The zero-order chi connectivity index (χ0) is 6.24. The Morgan fingerprint density at radius 2 is 2.25 bits per heavy atom. The molecule has 48 valence electrons. The first-order valence-electron chi connectivity index (χ1n) is 2.39. The summed E-state index contributed by atoms with van der Waals surface area (Å²) in [6, 6.07) is 0. The van der Waals surface area contributed by atoms with E-state index in [1.807, 2.05) is 0 Å². The molecule has 0 rings (SSSR count). The molecule has 0 aromatic rings. The van der Waals surface area contributed by atoms with Crippen molar-refractivity contribution in [2.45, 2.75) is 0 Å². The van der Waals surface area contributed by atoms with Crippen LogP contribution in [0.15, 0.2) is 5.18 Å². The lowest BCUT2D eigenvalue weighted by atomic mass is 10.7. The van der Waals surface area contributed by atoms with E-state index in [9.17, 15) is 4.91 Å². The number of rotatable bonds is 5. The molecule has 0 aliphatic heterocycles. The van der Waals surface area contributed by atoms with Crippen molar-refractivity contribution in [2.24, 2.45) is 5.18 Å². The second-order valence-electron chi connectivity index (χ2n) is 1.19. The zero-order valence-electron chi connectivity index (χ0n) is 4.54. The van der Waals surface area contributed by atoms with Crippen LogP contribution in [0.1, 0.15) is 0 Å². The number of nitroso groups, excluding NO2 is 1. The minimum absolute atomic E-state index is 0.00113. The quantitative estimate of drug-likeness (QED) is 0.401. The third kappa shape index (κ3) is 5.52. The molecule has 0 unspecified atom stereocenters. The van der Waals surface area contributed by atoms with E-state index < -0.39 is 0 Å². The topological polar surface area (TPSA) is 58.9 Å². The monoisotopic (exact) mass is 119 g/mol. The normalized spacial score (nSPS) is 9.12. The Hall–Kier alpha value is -0.480. The molecule has 0 heterocycles. The number of aliphatic hydroxyl groups is 1. The van der Waals surface area contributed by atoms with Crippen molar-refractivity contribution in [3.63, 3.8) is 0 Å². The van der Waals surface area contributed by atoms with Gasteiger partial charge in [0.1, 0.15) is 6.54 Å². The molecule has 0 saturated carbocycles. The van der Waals surface area contributed by atoms with Crippen LogP contribution in [0.2, 0.25) is 0 Å². The van der Waals surface area contributed by atoms with E-state index in [0.717, 1.165) is 0 Å². The molecule has 0 spiro atoms. The van der Waals surface area contributed by atoms with Crippen molar-refractivity contribution >= 4 is 0 Å². The van der Waals surface area contributed by atoms with Crippen LogP contribution < -0.4 is 0 Å². The Labute approximate surface area is 47.4 Å². The average molecular weight is 119 g/mol. The average Bonchev–Trinajstić information content (AvgIpc) is 1.81. The van der Waals surface area contributed by atoms with E-state index in [2.05, 4.69) is 9.91 Å². The highest BCUT2D eigenvalue weighted by atomic mass is 16.5. The van der Waals surface area contributed by atoms with Gasteiger partial charge >= 0.3 is 0 Å². The van der Waals surface area contributed by atoms with Crippen molar-refractivity contribution in [1.82, 2.24) is 0 Å². The number of nitrogens with zero attached hydrogens (tertiary/aromatic N) is 1. The molecule has 4 nitrogen and oxygen atoms in total. The lowest BCUT2D eigenvalue weighted by Crippen LogP contribution is -2.02. The van der Waals surface area contributed by atoms with Gasteiger partial charge in [0.05, 0.1) is 19.8 Å². The Balaban J connectivity index is 2.62. The predicted molar refractivity (Wildman–Crippen MR) is 28.6 cm³/mol. The van der Waals surface area contributed by atoms with Gasteiger partial charge in [0.25, 0.3) is 0 Å². The van der Waals surface area contributed by atoms with Crippen LogP contribution in [-0.4, -0.2) is 31.5 Å². The van der Waals surface area contributed by atoms with Crippen molar-refractivity contribution < 1.29 is 9.84 Å². The van der Waals surface area contributed by atoms with Gasteiger partial charge in [-0.25, -0.2) is 0 Å². The third-order valence-electron chi connectivity index (χ3n) is 0.563. The SMILES string of the molecule is O=NCCOCCO. The van der Waals surface area contributed by atoms with Gasteiger partial charge in [-0.1, -0.05) is 5.18 Å². The summed E-state index contributed by atoms with van der Waals surface area (Å²) >= 11 is 0. The Morgan fingerprint density at radius 1 is 1.50 bits per heavy atom. The lowest BCUT2D eigenvalue weighted by Gasteiger charge is -1.94. The van der Waals surface area contributed by atoms with E-state index in [4.69, 9.17) is 5.11 Å². The summed E-state index contributed by atoms with van der Waals surface area (Å²) in [6.07, 6.45) is 0. The molecule has 0 bridgehead atoms. The van der Waals surface area contributed by atoms with Gasteiger partial charge in [0.15, 0.2) is 0 Å². The second-order valence-corrected chi connectivity index (χ2v) is 1.19. The largest absolute Gasteiger partial charge is 0.394 e. The maximum atomic E-state index is 9.38. The van der Waals surface area contributed by atoms with Gasteiger partial charge in [-0.15, -0.1) is 0 Å². The Morgan fingerprint density at radius 3 is 2.75 bits per heavy atom. The Kier molecular flexibility index (Phi) is 6.13. The number of hydrogen-bond donors (Lipinski definition) is 1. The number of aliphatic hydroxyl groups excluding tert-OH is 1. The molecule has 0 aliphatic carbocycles. The smallest absolute Gasteiger partial charge is 0.104 e. The molecule has 4 heteroatoms. The van der Waals surface area contributed by atoms with Crippen molar-refractivity contribution in [3.05, 3.63) is 4.91 Å². The molecule has 8 heavy (non-hydrogen) atoms. The minimum atomic E-state index is -0.00113. The molecule has 0 atom stereocenters. The van der Waals surface area contributed by atoms with E-state index >= 15 is 0 Å². The molecule has 0 aromatic carbocycles. The van der Waals surface area contributed by atoms with Crippen molar-refractivity contribution in [2.75, 3.05) is 26.4 Å². The number of ether oxygens (including phenoxy) is 1. The minimum Gasteiger partial charge on any atom is -0.394 e. The van der Waals surface area contributed by atoms with Crippen LogP contribution in [0, 0.1) is 4.91 Å². The van der Waals surface area contributed by atoms with Crippen molar-refractivity contribution in [1.29, 1.82) is 0 Å². The van der Waals surface area contributed by atoms with E-state index in [1.165, 1.54) is 0 Å². The van der Waals surface area contributed by atoms with Crippen LogP contribution in [-0.2, 0) is 4.74 Å². The molecule has 0 aliphatic rings. The van der Waals surface area contributed by atoms with Crippen LogP contribution in [0.25, 0.3) is 0 Å². The highest BCUT2D eigenvalue weighted by Gasteiger charge is 1.83. The molecule has 0 saturated heterocycles. The van der Waals surface area contributed by atoms with E-state index in [-0.39, 0.29) is 19.8 Å². The standard InChI is InChI=1S/C4H9NO3/c6-2-4-8-3-1-5-7/h6H,1-4H2. The van der Waals surface area contributed by atoms with Gasteiger partial charge < -0.3 is 9.84 Å². The summed E-state index contributed by atoms with van der Waals surface area (Å²) < 4.78 is 4.68. The lowest BCUT2D eigenvalue weighted by molar-refractivity contribution is 0.0976. The Bertz CT molecular complexity index is 57.2. The first kappa shape index (κ1) is 7.52. The fraction of sp³-hybridized carbons (Fsp3) is 1.00. The van der Waals surface area contributed by atoms with Crippen LogP contribution in [0.4, 0.5) is 0 Å². The molecule has 0 fully saturated rings. The summed E-state index contributed by atoms with van der Waals surface area (Å²) in [5.74, 6) is 0. The highest BCUT2D eigenvalue weighted by molar-refractivity contribution is 4.36. The van der Waals surface area contributed by atoms with Gasteiger partial charge in [-0.3, -0.25) is 0 Å². The maximum Gasteiger partial charge on any atom is 0.104 e. The molecular formula is C4H9NO3. The highest BCUT2D eigenvalue weighted by Crippen LogP contribution is 1.72. The first-order valence-corrected chi connectivity index (χ1v) is 2.39. The van der Waals surface area contributed by atoms with Crippen LogP contribution in [0.3, 0.4) is 0 Å². The van der Waals surface area contributed by atoms with Crippen LogP contribution in [0.5, 0.6) is 0 Å². The summed E-state index contributed by atoms with van der Waals surface area (Å²) in [5, 5.41) is 10.7. The third-order valence-corrected chi connectivity index (χ3v) is 0.563. The van der Waals surface area contributed by atoms with E-state index in [0.29, 0.717) is 6.61 Å². The second kappa shape index (κ2) is 6.52. The summed E-state index contributed by atoms with van der Waals surface area (Å²) in [4.78, 5) is 9.38. The summed E-state index contributed by atoms with van der Waals surface area (Å²) in [6.45, 7) is 0.762. The maximum absolute atomic E-state index is 9.38. The van der Waals surface area contributed by atoms with Gasteiger partial charge in [0.2, 0.25) is 0 Å². The van der Waals surface area contributed by atoms with E-state index in [1.54, 1.807) is 0 Å². The molecule has 0 aromatic heterocycles. The molecular weight excluding hydrogens is 110 g/mol. The van der Waals surface area contributed by atoms with Gasteiger partial charge in [-0.05, 0) is 0 Å². The molecule has 1 N–H and O–H groups in total. The fourth-order valence-corrected chi connectivity index (χ4v) is 0.268. The first-order chi connectivity index (χ1) is 3.91. The zero-order valence-corrected chi connectivity index (χ0v) is 4.54. The predicted octanol–water partition coefficient (Wildman–Crippen LogP) is -0.238. The van der Waals surface area contributed by atoms with Gasteiger partial charge in [0, 0.05) is 0 Å². The molecule has 0 amide bonds. The van der Waals surface area contributed by atoms with Crippen molar-refractivity contribution in [3.8, 4) is 0 Å². The number of hydrogen-bond acceptors (Lipinski definition) is 4. The van der Waals surface area contributed by atoms with Crippen LogP contribution >= 0.6 is 0 Å². The summed E-state index contributed by atoms with van der Waals surface area (Å²) in [5.41, 5.74) is 0. The summed E-state index contributed by atoms with van der Waals surface area (Å²) in [7, 11) is 0. The fourth-order valence-electron chi connectivity index (χ4n) is 0.268. The van der Waals surface area contributed by atoms with Gasteiger partial charge in [-0.2, -0.15) is 4.91 Å².